The van der Waals surface area contributed by atoms with Gasteiger partial charge in [-0.25, -0.2) is 4.79 Å². The van der Waals surface area contributed by atoms with Crippen LogP contribution < -0.4 is 0 Å². The van der Waals surface area contributed by atoms with Crippen LogP contribution in [0, 0.1) is 0 Å². The van der Waals surface area contributed by atoms with Crippen LogP contribution in [0.25, 0.3) is 0 Å². The standard InChI is InChI=1S/C11H10ClNO3S/c12-7-2-1-6(9(14)4-7)3-10-13-8(5-17-10)11(15)16/h1-2,4,8,14H,3,5H2,(H,15,16)/t8-/m0/s1. The molecule has 2 N–H and O–H groups in total. The molecule has 1 aliphatic heterocycles. The molecule has 4 nitrogen and oxygen atoms in total. The number of aliphatic carboxylic acids is 1. The maximum Gasteiger partial charge on any atom is 0.329 e. The Bertz CT molecular complexity index is 490. The number of thioether (sulfide) groups is 1. The normalized spacial score (nSPS) is 19.1. The summed E-state index contributed by atoms with van der Waals surface area (Å²) < 4.78 is 0. The molecular formula is C11H10ClNO3S. The summed E-state index contributed by atoms with van der Waals surface area (Å²) in [7, 11) is 0. The third-order valence-electron chi connectivity index (χ3n) is 2.38. The summed E-state index contributed by atoms with van der Waals surface area (Å²) >= 11 is 7.14. The molecule has 1 atom stereocenters. The van der Waals surface area contributed by atoms with E-state index in [1.165, 1.54) is 17.8 Å². The Labute approximate surface area is 107 Å². The Morgan fingerprint density at radius 1 is 1.59 bits per heavy atom. The molecule has 2 rings (SSSR count). The van der Waals surface area contributed by atoms with Crippen molar-refractivity contribution in [3.05, 3.63) is 28.8 Å². The molecule has 1 heterocycles. The van der Waals surface area contributed by atoms with Crippen molar-refractivity contribution in [3.8, 4) is 5.75 Å². The van der Waals surface area contributed by atoms with Gasteiger partial charge in [0, 0.05) is 22.8 Å². The second-order valence-electron chi connectivity index (χ2n) is 3.64. The van der Waals surface area contributed by atoms with Gasteiger partial charge >= 0.3 is 5.97 Å². The SMILES string of the molecule is O=C(O)[C@@H]1CSC(Cc2ccc(Cl)cc2O)=N1. The summed E-state index contributed by atoms with van der Waals surface area (Å²) in [5.41, 5.74) is 0.701. The molecule has 0 fully saturated rings. The Hall–Kier alpha value is -1.20. The summed E-state index contributed by atoms with van der Waals surface area (Å²) in [5, 5.41) is 19.7. The van der Waals surface area contributed by atoms with Gasteiger partial charge < -0.3 is 10.2 Å². The monoisotopic (exact) mass is 271 g/mol. The molecule has 0 aromatic heterocycles. The van der Waals surface area contributed by atoms with Crippen molar-refractivity contribution in [2.24, 2.45) is 4.99 Å². The van der Waals surface area contributed by atoms with E-state index in [1.807, 2.05) is 0 Å². The Morgan fingerprint density at radius 3 is 2.94 bits per heavy atom. The highest BCUT2D eigenvalue weighted by molar-refractivity contribution is 8.14. The number of halogens is 1. The molecule has 0 unspecified atom stereocenters. The topological polar surface area (TPSA) is 69.9 Å². The highest BCUT2D eigenvalue weighted by Gasteiger charge is 2.24. The first-order valence-corrected chi connectivity index (χ1v) is 6.32. The molecule has 0 radical (unpaired) electrons. The number of aromatic hydroxyl groups is 1. The van der Waals surface area contributed by atoms with Crippen LogP contribution in [0.2, 0.25) is 5.02 Å². The number of nitrogens with zero attached hydrogens (tertiary/aromatic N) is 1. The fraction of sp³-hybridized carbons (Fsp3) is 0.273. The van der Waals surface area contributed by atoms with Crippen LogP contribution in [0.1, 0.15) is 5.56 Å². The second-order valence-corrected chi connectivity index (χ2v) is 5.17. The molecule has 0 amide bonds. The summed E-state index contributed by atoms with van der Waals surface area (Å²) in [6, 6.07) is 4.20. The van der Waals surface area contributed by atoms with Crippen LogP contribution in [0.15, 0.2) is 23.2 Å². The fourth-order valence-corrected chi connectivity index (χ4v) is 2.69. The lowest BCUT2D eigenvalue weighted by Crippen LogP contribution is -2.17. The van der Waals surface area contributed by atoms with Crippen LogP contribution in [-0.4, -0.2) is 33.0 Å². The lowest BCUT2D eigenvalue weighted by atomic mass is 10.1. The molecule has 0 saturated carbocycles. The number of hydrogen-bond donors (Lipinski definition) is 2. The first-order chi connectivity index (χ1) is 8.06. The van der Waals surface area contributed by atoms with Gasteiger partial charge in [-0.2, -0.15) is 0 Å². The molecule has 1 aromatic rings. The van der Waals surface area contributed by atoms with Crippen molar-refractivity contribution >= 4 is 34.4 Å². The van der Waals surface area contributed by atoms with Crippen molar-refractivity contribution in [1.82, 2.24) is 0 Å². The predicted molar refractivity (Wildman–Crippen MR) is 68.1 cm³/mol. The van der Waals surface area contributed by atoms with Crippen LogP contribution in [-0.2, 0) is 11.2 Å². The van der Waals surface area contributed by atoms with Gasteiger partial charge in [-0.3, -0.25) is 4.99 Å². The molecule has 17 heavy (non-hydrogen) atoms. The Kier molecular flexibility index (Phi) is 3.59. The zero-order chi connectivity index (χ0) is 12.4. The fourth-order valence-electron chi connectivity index (χ4n) is 1.50. The van der Waals surface area contributed by atoms with Gasteiger partial charge in [-0.1, -0.05) is 17.7 Å². The zero-order valence-corrected chi connectivity index (χ0v) is 10.3. The highest BCUT2D eigenvalue weighted by atomic mass is 35.5. The number of phenolic OH excluding ortho intramolecular Hbond substituents is 1. The molecule has 90 valence electrons. The van der Waals surface area contributed by atoms with Crippen molar-refractivity contribution in [3.63, 3.8) is 0 Å². The molecule has 1 aliphatic rings. The van der Waals surface area contributed by atoms with E-state index in [0.29, 0.717) is 22.8 Å². The second kappa shape index (κ2) is 4.98. The van der Waals surface area contributed by atoms with E-state index in [4.69, 9.17) is 16.7 Å². The van der Waals surface area contributed by atoms with E-state index >= 15 is 0 Å². The molecule has 1 aromatic carbocycles. The van der Waals surface area contributed by atoms with E-state index in [1.54, 1.807) is 12.1 Å². The number of carboxylic acid groups (broad SMARTS) is 1. The zero-order valence-electron chi connectivity index (χ0n) is 8.76. The Morgan fingerprint density at radius 2 is 2.35 bits per heavy atom. The molecule has 0 bridgehead atoms. The van der Waals surface area contributed by atoms with Crippen molar-refractivity contribution < 1.29 is 15.0 Å². The first-order valence-electron chi connectivity index (χ1n) is 4.96. The van der Waals surface area contributed by atoms with Gasteiger partial charge in [0.05, 0.1) is 5.04 Å². The molecular weight excluding hydrogens is 262 g/mol. The van der Waals surface area contributed by atoms with Crippen molar-refractivity contribution in [2.45, 2.75) is 12.5 Å². The van der Waals surface area contributed by atoms with E-state index in [9.17, 15) is 9.90 Å². The summed E-state index contributed by atoms with van der Waals surface area (Å²) in [6.07, 6.45) is 0.442. The smallest absolute Gasteiger partial charge is 0.329 e. The van der Waals surface area contributed by atoms with Crippen LogP contribution in [0.4, 0.5) is 0 Å². The minimum absolute atomic E-state index is 0.111. The van der Waals surface area contributed by atoms with E-state index in [0.717, 1.165) is 5.04 Å². The third kappa shape index (κ3) is 2.92. The first kappa shape index (κ1) is 12.3. The molecule has 0 spiro atoms. The number of rotatable bonds is 3. The summed E-state index contributed by atoms with van der Waals surface area (Å²) in [5.74, 6) is -0.341. The lowest BCUT2D eigenvalue weighted by Gasteiger charge is -2.03. The van der Waals surface area contributed by atoms with Crippen LogP contribution in [0.5, 0.6) is 5.75 Å². The average molecular weight is 272 g/mol. The highest BCUT2D eigenvalue weighted by Crippen LogP contribution is 2.27. The number of benzene rings is 1. The van der Waals surface area contributed by atoms with Gasteiger partial charge in [0.25, 0.3) is 0 Å². The minimum Gasteiger partial charge on any atom is -0.508 e. The van der Waals surface area contributed by atoms with E-state index in [-0.39, 0.29) is 5.75 Å². The largest absolute Gasteiger partial charge is 0.508 e. The van der Waals surface area contributed by atoms with Gasteiger partial charge in [0.1, 0.15) is 5.75 Å². The molecule has 0 saturated heterocycles. The summed E-state index contributed by atoms with van der Waals surface area (Å²) in [4.78, 5) is 14.8. The minimum atomic E-state index is -0.909. The van der Waals surface area contributed by atoms with Crippen molar-refractivity contribution in [2.75, 3.05) is 5.75 Å². The van der Waals surface area contributed by atoms with E-state index < -0.39 is 12.0 Å². The number of phenols is 1. The maximum absolute atomic E-state index is 10.7. The lowest BCUT2D eigenvalue weighted by molar-refractivity contribution is -0.137. The van der Waals surface area contributed by atoms with Crippen LogP contribution in [0.3, 0.4) is 0 Å². The third-order valence-corrected chi connectivity index (χ3v) is 3.68. The summed E-state index contributed by atoms with van der Waals surface area (Å²) in [6.45, 7) is 0. The van der Waals surface area contributed by atoms with Gasteiger partial charge in [0.15, 0.2) is 6.04 Å². The van der Waals surface area contributed by atoms with Gasteiger partial charge in [-0.15, -0.1) is 11.8 Å². The van der Waals surface area contributed by atoms with E-state index in [2.05, 4.69) is 4.99 Å². The average Bonchev–Trinajstić information content (AvgIpc) is 2.71. The quantitative estimate of drug-likeness (QED) is 0.884. The van der Waals surface area contributed by atoms with Gasteiger partial charge in [-0.05, 0) is 12.1 Å². The Balaban J connectivity index is 2.12. The number of carbonyl (C=O) groups is 1. The molecule has 6 heteroatoms. The number of carboxylic acids is 1. The molecule has 0 aliphatic carbocycles. The number of hydrogen-bond acceptors (Lipinski definition) is 4. The van der Waals surface area contributed by atoms with Crippen LogP contribution >= 0.6 is 23.4 Å². The number of aliphatic imine (C=N–C) groups is 1. The maximum atomic E-state index is 10.7. The van der Waals surface area contributed by atoms with Gasteiger partial charge in [0.2, 0.25) is 0 Å². The van der Waals surface area contributed by atoms with Crippen molar-refractivity contribution in [1.29, 1.82) is 0 Å². The predicted octanol–water partition coefficient (Wildman–Crippen LogP) is 2.19.